The summed E-state index contributed by atoms with van der Waals surface area (Å²) < 4.78 is 32.7. The molecule has 1 aromatic heterocycles. The normalized spacial score (nSPS) is 14.1. The fourth-order valence-corrected chi connectivity index (χ4v) is 5.41. The maximum atomic E-state index is 11.6. The molecule has 1 atom stereocenters. The highest BCUT2D eigenvalue weighted by atomic mass is 32.2. The van der Waals surface area contributed by atoms with Gasteiger partial charge in [0.05, 0.1) is 28.9 Å². The summed E-state index contributed by atoms with van der Waals surface area (Å²) in [5, 5.41) is 0. The molecule has 5 nitrogen and oxygen atoms in total. The second-order valence-corrected chi connectivity index (χ2v) is 9.96. The smallest absolute Gasteiger partial charge is 0.264 e. The highest BCUT2D eigenvalue weighted by Gasteiger charge is 2.31. The molecule has 0 aliphatic carbocycles. The van der Waals surface area contributed by atoms with Crippen LogP contribution < -0.4 is 4.90 Å². The molecular weight excluding hydrogens is 416 g/mol. The summed E-state index contributed by atoms with van der Waals surface area (Å²) in [5.74, 6) is -0.328. The van der Waals surface area contributed by atoms with Crippen molar-refractivity contribution in [2.75, 3.05) is 10.7 Å². The van der Waals surface area contributed by atoms with E-state index in [0.29, 0.717) is 0 Å². The van der Waals surface area contributed by atoms with Crippen molar-refractivity contribution in [2.45, 2.75) is 42.0 Å². The Labute approximate surface area is 181 Å². The molecule has 30 heavy (non-hydrogen) atoms. The number of hydrogen-bond acceptors (Lipinski definition) is 5. The van der Waals surface area contributed by atoms with Gasteiger partial charge in [-0.1, -0.05) is 55.4 Å². The average Bonchev–Trinajstić information content (AvgIpc) is 2.73. The SMILES string of the molecule is CCCc1cccc(C(CCS(=O)(=O)O)N2c3ccccc3Sc3ccccc32)n1. The Balaban J connectivity index is 1.86. The molecule has 0 saturated heterocycles. The second kappa shape index (κ2) is 8.79. The Hall–Kier alpha value is -2.35. The van der Waals surface area contributed by atoms with Crippen LogP contribution in [0, 0.1) is 0 Å². The molecule has 0 saturated carbocycles. The van der Waals surface area contributed by atoms with Gasteiger partial charge >= 0.3 is 0 Å². The molecule has 3 aromatic rings. The highest BCUT2D eigenvalue weighted by Crippen LogP contribution is 2.51. The number of nitrogens with zero attached hydrogens (tertiary/aromatic N) is 2. The van der Waals surface area contributed by atoms with E-state index in [2.05, 4.69) is 36.1 Å². The van der Waals surface area contributed by atoms with E-state index >= 15 is 0 Å². The number of rotatable bonds is 7. The maximum absolute atomic E-state index is 11.6. The summed E-state index contributed by atoms with van der Waals surface area (Å²) in [5.41, 5.74) is 3.83. The lowest BCUT2D eigenvalue weighted by atomic mass is 10.0. The number of fused-ring (bicyclic) bond motifs is 2. The molecule has 2 heterocycles. The van der Waals surface area contributed by atoms with Crippen LogP contribution in [0.1, 0.15) is 37.2 Å². The fourth-order valence-electron chi connectivity index (χ4n) is 3.82. The lowest BCUT2D eigenvalue weighted by Gasteiger charge is -2.38. The van der Waals surface area contributed by atoms with Crippen molar-refractivity contribution in [3.63, 3.8) is 0 Å². The van der Waals surface area contributed by atoms with Crippen molar-refractivity contribution < 1.29 is 13.0 Å². The van der Waals surface area contributed by atoms with Crippen LogP contribution in [0.3, 0.4) is 0 Å². The molecule has 7 heteroatoms. The third kappa shape index (κ3) is 4.53. The molecule has 0 amide bonds. The van der Waals surface area contributed by atoms with Crippen molar-refractivity contribution in [3.05, 3.63) is 78.1 Å². The molecule has 1 aliphatic rings. The van der Waals surface area contributed by atoms with E-state index in [9.17, 15) is 13.0 Å². The molecule has 2 aromatic carbocycles. The molecule has 1 aliphatic heterocycles. The molecule has 4 rings (SSSR count). The second-order valence-electron chi connectivity index (χ2n) is 7.30. The summed E-state index contributed by atoms with van der Waals surface area (Å²) in [6.45, 7) is 2.11. The number of aryl methyl sites for hydroxylation is 1. The number of pyridine rings is 1. The van der Waals surface area contributed by atoms with Gasteiger partial charge in [-0.15, -0.1) is 0 Å². The topological polar surface area (TPSA) is 70.5 Å². The van der Waals surface area contributed by atoms with Gasteiger partial charge in [-0.3, -0.25) is 9.54 Å². The Morgan fingerprint density at radius 3 is 2.20 bits per heavy atom. The number of hydrogen-bond donors (Lipinski definition) is 1. The van der Waals surface area contributed by atoms with Crippen LogP contribution in [-0.2, 0) is 16.5 Å². The van der Waals surface area contributed by atoms with Gasteiger partial charge in [0.25, 0.3) is 10.1 Å². The predicted molar refractivity (Wildman–Crippen MR) is 121 cm³/mol. The first-order valence-corrected chi connectivity index (χ1v) is 12.4. The minimum atomic E-state index is -4.10. The third-order valence-corrected chi connectivity index (χ3v) is 6.99. The third-order valence-electron chi connectivity index (χ3n) is 5.11. The monoisotopic (exact) mass is 440 g/mol. The van der Waals surface area contributed by atoms with Crippen molar-refractivity contribution in [1.82, 2.24) is 4.98 Å². The van der Waals surface area contributed by atoms with Gasteiger partial charge in [-0.2, -0.15) is 8.42 Å². The molecule has 0 bridgehead atoms. The summed E-state index contributed by atoms with van der Waals surface area (Å²) in [4.78, 5) is 9.25. The van der Waals surface area contributed by atoms with Crippen LogP contribution >= 0.6 is 11.8 Å². The van der Waals surface area contributed by atoms with Gasteiger partial charge in [0.2, 0.25) is 0 Å². The zero-order valence-corrected chi connectivity index (χ0v) is 18.4. The first-order valence-electron chi connectivity index (χ1n) is 10.0. The van der Waals surface area contributed by atoms with Gasteiger partial charge in [-0.05, 0) is 49.2 Å². The summed E-state index contributed by atoms with van der Waals surface area (Å²) in [6, 6.07) is 21.8. The van der Waals surface area contributed by atoms with Crippen LogP contribution in [0.2, 0.25) is 0 Å². The van der Waals surface area contributed by atoms with Gasteiger partial charge in [0, 0.05) is 15.5 Å². The van der Waals surface area contributed by atoms with Crippen molar-refractivity contribution in [1.29, 1.82) is 0 Å². The van der Waals surface area contributed by atoms with Gasteiger partial charge in [0.15, 0.2) is 0 Å². The van der Waals surface area contributed by atoms with E-state index in [4.69, 9.17) is 4.98 Å². The van der Waals surface area contributed by atoms with Gasteiger partial charge in [-0.25, -0.2) is 0 Å². The molecular formula is C23H24N2O3S2. The van der Waals surface area contributed by atoms with Crippen LogP contribution in [-0.4, -0.2) is 23.7 Å². The Morgan fingerprint density at radius 2 is 1.60 bits per heavy atom. The highest BCUT2D eigenvalue weighted by molar-refractivity contribution is 7.99. The van der Waals surface area contributed by atoms with Crippen LogP contribution in [0.5, 0.6) is 0 Å². The number of anilines is 2. The van der Waals surface area contributed by atoms with Crippen molar-refractivity contribution >= 4 is 33.3 Å². The van der Waals surface area contributed by atoms with Crippen molar-refractivity contribution in [3.8, 4) is 0 Å². The molecule has 156 valence electrons. The quantitative estimate of drug-likeness (QED) is 0.478. The van der Waals surface area contributed by atoms with Crippen LogP contribution in [0.25, 0.3) is 0 Å². The first-order chi connectivity index (χ1) is 14.5. The minimum absolute atomic E-state index is 0.231. The number of para-hydroxylation sites is 2. The van der Waals surface area contributed by atoms with Gasteiger partial charge < -0.3 is 4.90 Å². The number of benzene rings is 2. The Morgan fingerprint density at radius 1 is 0.967 bits per heavy atom. The van der Waals surface area contributed by atoms with E-state index in [0.717, 1.165) is 45.4 Å². The molecule has 0 fully saturated rings. The Bertz CT molecular complexity index is 1100. The van der Waals surface area contributed by atoms with Crippen molar-refractivity contribution in [2.24, 2.45) is 0 Å². The van der Waals surface area contributed by atoms with E-state index < -0.39 is 10.1 Å². The zero-order chi connectivity index (χ0) is 21.1. The maximum Gasteiger partial charge on any atom is 0.264 e. The molecule has 1 unspecified atom stereocenters. The summed E-state index contributed by atoms with van der Waals surface area (Å²) >= 11 is 1.70. The molecule has 1 N–H and O–H groups in total. The van der Waals surface area contributed by atoms with E-state index in [1.165, 1.54) is 0 Å². The van der Waals surface area contributed by atoms with Crippen LogP contribution in [0.15, 0.2) is 76.5 Å². The van der Waals surface area contributed by atoms with E-state index in [-0.39, 0.29) is 18.2 Å². The van der Waals surface area contributed by atoms with Gasteiger partial charge in [0.1, 0.15) is 0 Å². The summed E-state index contributed by atoms with van der Waals surface area (Å²) in [6.07, 6.45) is 2.08. The largest absolute Gasteiger partial charge is 0.330 e. The van der Waals surface area contributed by atoms with Crippen LogP contribution in [0.4, 0.5) is 11.4 Å². The summed E-state index contributed by atoms with van der Waals surface area (Å²) in [7, 11) is -4.10. The molecule has 0 radical (unpaired) electrons. The lowest BCUT2D eigenvalue weighted by Crippen LogP contribution is -2.29. The first kappa shape index (κ1) is 20.9. The zero-order valence-electron chi connectivity index (χ0n) is 16.7. The average molecular weight is 441 g/mol. The lowest BCUT2D eigenvalue weighted by molar-refractivity contribution is 0.476. The fraction of sp³-hybridized carbons (Fsp3) is 0.261. The number of aromatic nitrogens is 1. The standard InChI is InChI=1S/C23H24N2O3S2/c1-2-8-17-9-7-10-18(24-17)19(15-16-30(26,27)28)25-20-11-3-5-13-22(20)29-23-14-6-4-12-21(23)25/h3-7,9-14,19H,2,8,15-16H2,1H3,(H,26,27,28). The minimum Gasteiger partial charge on any atom is -0.330 e. The Kier molecular flexibility index (Phi) is 6.13. The van der Waals surface area contributed by atoms with E-state index in [1.54, 1.807) is 11.8 Å². The molecule has 0 spiro atoms. The predicted octanol–water partition coefficient (Wildman–Crippen LogP) is 5.66. The van der Waals surface area contributed by atoms with E-state index in [1.807, 2.05) is 42.5 Å².